The first-order chi connectivity index (χ1) is 12.1. The Kier molecular flexibility index (Phi) is 5.60. The number of rotatable bonds is 6. The largest absolute Gasteiger partial charge is 0.491 e. The third-order valence-corrected chi connectivity index (χ3v) is 5.84. The summed E-state index contributed by atoms with van der Waals surface area (Å²) in [6, 6.07) is 2.57. The van der Waals surface area contributed by atoms with E-state index in [1.807, 2.05) is 0 Å². The second-order valence-corrected chi connectivity index (χ2v) is 7.18. The van der Waals surface area contributed by atoms with E-state index in [1.54, 1.807) is 6.92 Å². The van der Waals surface area contributed by atoms with E-state index in [9.17, 15) is 13.6 Å². The first-order valence-electron chi connectivity index (χ1n) is 9.39. The van der Waals surface area contributed by atoms with Crippen LogP contribution in [0.2, 0.25) is 0 Å². The van der Waals surface area contributed by atoms with Gasteiger partial charge in [-0.05, 0) is 62.5 Å². The van der Waals surface area contributed by atoms with E-state index in [0.29, 0.717) is 17.8 Å². The van der Waals surface area contributed by atoms with Crippen LogP contribution in [0.5, 0.6) is 11.5 Å². The van der Waals surface area contributed by atoms with Crippen LogP contribution in [-0.2, 0) is 4.79 Å². The molecule has 0 heterocycles. The fraction of sp³-hybridized carbons (Fsp3) is 0.650. The molecule has 0 amide bonds. The zero-order valence-corrected chi connectivity index (χ0v) is 14.9. The van der Waals surface area contributed by atoms with Gasteiger partial charge in [0.25, 0.3) is 0 Å². The lowest BCUT2D eigenvalue weighted by Crippen LogP contribution is -2.25. The molecule has 4 unspecified atom stereocenters. The first-order valence-corrected chi connectivity index (χ1v) is 9.39. The minimum Gasteiger partial charge on any atom is -0.491 e. The second-order valence-electron chi connectivity index (χ2n) is 7.18. The summed E-state index contributed by atoms with van der Waals surface area (Å²) in [4.78, 5) is 12.6. The van der Waals surface area contributed by atoms with Crippen molar-refractivity contribution in [1.29, 1.82) is 0 Å². The van der Waals surface area contributed by atoms with Gasteiger partial charge >= 0.3 is 5.97 Å². The van der Waals surface area contributed by atoms with E-state index in [1.165, 1.54) is 31.4 Å². The molecule has 138 valence electrons. The number of hydrogen-bond acceptors (Lipinski definition) is 3. The van der Waals surface area contributed by atoms with Crippen molar-refractivity contribution in [3.63, 3.8) is 0 Å². The van der Waals surface area contributed by atoms with Gasteiger partial charge in [0.1, 0.15) is 0 Å². The normalized spacial score (nSPS) is 28.0. The highest BCUT2D eigenvalue weighted by atomic mass is 19.2. The highest BCUT2D eigenvalue weighted by Gasteiger charge is 2.47. The molecule has 2 fully saturated rings. The monoisotopic (exact) mass is 352 g/mol. The number of esters is 1. The van der Waals surface area contributed by atoms with Crippen molar-refractivity contribution in [2.24, 2.45) is 23.7 Å². The Balaban J connectivity index is 1.68. The molecule has 3 nitrogen and oxygen atoms in total. The van der Waals surface area contributed by atoms with Crippen molar-refractivity contribution in [3.8, 4) is 11.5 Å². The van der Waals surface area contributed by atoms with Crippen LogP contribution in [0.15, 0.2) is 12.1 Å². The third-order valence-electron chi connectivity index (χ3n) is 5.84. The summed E-state index contributed by atoms with van der Waals surface area (Å²) in [5.74, 6) is -1.79. The molecule has 25 heavy (non-hydrogen) atoms. The molecule has 0 spiro atoms. The fourth-order valence-electron chi connectivity index (χ4n) is 4.79. The maximum atomic E-state index is 14.1. The molecule has 2 aliphatic rings. The molecule has 2 saturated carbocycles. The zero-order chi connectivity index (χ0) is 18.0. The predicted molar refractivity (Wildman–Crippen MR) is 90.5 cm³/mol. The molecule has 0 bridgehead atoms. The van der Waals surface area contributed by atoms with Crippen molar-refractivity contribution < 1.29 is 23.0 Å². The van der Waals surface area contributed by atoms with Gasteiger partial charge in [-0.3, -0.25) is 4.79 Å². The minimum absolute atomic E-state index is 0.168. The summed E-state index contributed by atoms with van der Waals surface area (Å²) in [5, 5.41) is 0. The number of hydrogen-bond donors (Lipinski definition) is 0. The van der Waals surface area contributed by atoms with Crippen LogP contribution in [-0.4, -0.2) is 12.6 Å². The summed E-state index contributed by atoms with van der Waals surface area (Å²) >= 11 is 0. The Morgan fingerprint density at radius 1 is 1.04 bits per heavy atom. The average molecular weight is 352 g/mol. The fourth-order valence-corrected chi connectivity index (χ4v) is 4.79. The summed E-state index contributed by atoms with van der Waals surface area (Å²) < 4.78 is 38.3. The van der Waals surface area contributed by atoms with E-state index in [-0.39, 0.29) is 24.0 Å². The van der Waals surface area contributed by atoms with Crippen molar-refractivity contribution in [2.75, 3.05) is 6.61 Å². The van der Waals surface area contributed by atoms with Crippen LogP contribution in [0, 0.1) is 35.3 Å². The molecule has 2 aliphatic carbocycles. The molecule has 0 radical (unpaired) electrons. The predicted octanol–water partition coefficient (Wildman–Crippen LogP) is 5.12. The Hall–Kier alpha value is -1.65. The number of carbonyl (C=O) groups is 1. The SMILES string of the molecule is CCCC1CCC2C(C(=O)Oc3ccc(OCC)c(F)c3F)CCC12. The van der Waals surface area contributed by atoms with Gasteiger partial charge in [0.2, 0.25) is 11.6 Å². The molecule has 0 aliphatic heterocycles. The Morgan fingerprint density at radius 3 is 2.44 bits per heavy atom. The quantitative estimate of drug-likeness (QED) is 0.526. The van der Waals surface area contributed by atoms with E-state index in [2.05, 4.69) is 6.92 Å². The summed E-state index contributed by atoms with van der Waals surface area (Å²) in [7, 11) is 0. The van der Waals surface area contributed by atoms with Gasteiger partial charge in [0.15, 0.2) is 11.5 Å². The molecule has 3 rings (SSSR count). The summed E-state index contributed by atoms with van der Waals surface area (Å²) in [6.07, 6.45) is 6.40. The minimum atomic E-state index is -1.16. The van der Waals surface area contributed by atoms with Crippen LogP contribution in [0.3, 0.4) is 0 Å². The number of halogens is 2. The average Bonchev–Trinajstić information content (AvgIpc) is 3.18. The van der Waals surface area contributed by atoms with Crippen LogP contribution in [0.1, 0.15) is 52.4 Å². The Morgan fingerprint density at radius 2 is 1.72 bits per heavy atom. The molecular weight excluding hydrogens is 326 g/mol. The van der Waals surface area contributed by atoms with Gasteiger partial charge in [-0.15, -0.1) is 0 Å². The number of ether oxygens (including phenoxy) is 2. The highest BCUT2D eigenvalue weighted by Crippen LogP contribution is 2.52. The standard InChI is InChI=1S/C20H26F2O3/c1-3-5-12-6-7-14-13(12)8-9-15(14)20(23)25-17-11-10-16(24-4-2)18(21)19(17)22/h10-15H,3-9H2,1-2H3. The number of carbonyl (C=O) groups excluding carboxylic acids is 1. The first kappa shape index (κ1) is 18.2. The topological polar surface area (TPSA) is 35.5 Å². The molecule has 1 aromatic carbocycles. The smallest absolute Gasteiger partial charge is 0.314 e. The van der Waals surface area contributed by atoms with Gasteiger partial charge in [0.05, 0.1) is 12.5 Å². The van der Waals surface area contributed by atoms with Crippen LogP contribution in [0.25, 0.3) is 0 Å². The van der Waals surface area contributed by atoms with Crippen molar-refractivity contribution >= 4 is 5.97 Å². The van der Waals surface area contributed by atoms with Crippen LogP contribution < -0.4 is 9.47 Å². The zero-order valence-electron chi connectivity index (χ0n) is 14.9. The van der Waals surface area contributed by atoms with E-state index in [4.69, 9.17) is 9.47 Å². The van der Waals surface area contributed by atoms with Gasteiger partial charge in [0, 0.05) is 0 Å². The van der Waals surface area contributed by atoms with Crippen LogP contribution in [0.4, 0.5) is 8.78 Å². The highest BCUT2D eigenvalue weighted by molar-refractivity contribution is 5.76. The van der Waals surface area contributed by atoms with E-state index in [0.717, 1.165) is 19.3 Å². The maximum Gasteiger partial charge on any atom is 0.314 e. The molecule has 5 heteroatoms. The van der Waals surface area contributed by atoms with Gasteiger partial charge < -0.3 is 9.47 Å². The summed E-state index contributed by atoms with van der Waals surface area (Å²) in [6.45, 7) is 4.12. The number of fused-ring (bicyclic) bond motifs is 1. The molecular formula is C20H26F2O3. The molecule has 0 N–H and O–H groups in total. The second kappa shape index (κ2) is 7.71. The molecule has 1 aromatic rings. The lowest BCUT2D eigenvalue weighted by Gasteiger charge is -2.20. The van der Waals surface area contributed by atoms with Crippen molar-refractivity contribution in [1.82, 2.24) is 0 Å². The molecule has 0 aromatic heterocycles. The molecule has 0 saturated heterocycles. The van der Waals surface area contributed by atoms with Gasteiger partial charge in [-0.25, -0.2) is 0 Å². The Bertz CT molecular complexity index is 632. The summed E-state index contributed by atoms with van der Waals surface area (Å²) in [5.41, 5.74) is 0. The number of benzene rings is 1. The van der Waals surface area contributed by atoms with Crippen LogP contribution >= 0.6 is 0 Å². The van der Waals surface area contributed by atoms with Crippen molar-refractivity contribution in [3.05, 3.63) is 23.8 Å². The maximum absolute atomic E-state index is 14.1. The van der Waals surface area contributed by atoms with E-state index >= 15 is 0 Å². The van der Waals surface area contributed by atoms with E-state index < -0.39 is 17.6 Å². The lowest BCUT2D eigenvalue weighted by molar-refractivity contribution is -0.140. The molecule has 4 atom stereocenters. The Labute approximate surface area is 147 Å². The van der Waals surface area contributed by atoms with Gasteiger partial charge in [-0.2, -0.15) is 8.78 Å². The van der Waals surface area contributed by atoms with Crippen molar-refractivity contribution in [2.45, 2.75) is 52.4 Å². The lowest BCUT2D eigenvalue weighted by atomic mass is 9.87. The third kappa shape index (κ3) is 3.51. The van der Waals surface area contributed by atoms with Gasteiger partial charge in [-0.1, -0.05) is 19.8 Å².